The van der Waals surface area contributed by atoms with Gasteiger partial charge in [0.2, 0.25) is 0 Å². The predicted molar refractivity (Wildman–Crippen MR) is 107 cm³/mol. The first-order valence-corrected chi connectivity index (χ1v) is 10.2. The lowest BCUT2D eigenvalue weighted by atomic mass is 10.0. The van der Waals surface area contributed by atoms with Crippen LogP contribution >= 0.6 is 0 Å². The van der Waals surface area contributed by atoms with Crippen LogP contribution in [0.25, 0.3) is 11.0 Å². The first kappa shape index (κ1) is 19.4. The second-order valence-electron chi connectivity index (χ2n) is 9.24. The molecule has 1 saturated heterocycles. The van der Waals surface area contributed by atoms with Crippen LogP contribution in [0.2, 0.25) is 0 Å². The lowest BCUT2D eigenvalue weighted by Gasteiger charge is -2.21. The van der Waals surface area contributed by atoms with E-state index in [9.17, 15) is 4.79 Å². The number of ether oxygens (including phenoxy) is 3. The maximum Gasteiger partial charge on any atom is 0.419 e. The van der Waals surface area contributed by atoms with Crippen LogP contribution in [0.15, 0.2) is 18.3 Å². The average Bonchev–Trinajstić information content (AvgIpc) is 3.32. The van der Waals surface area contributed by atoms with Crippen LogP contribution < -0.4 is 0 Å². The molecule has 2 aromatic heterocycles. The van der Waals surface area contributed by atoms with Crippen LogP contribution in [-0.4, -0.2) is 40.2 Å². The predicted octanol–water partition coefficient (Wildman–Crippen LogP) is 4.95. The van der Waals surface area contributed by atoms with E-state index in [2.05, 4.69) is 13.8 Å². The summed E-state index contributed by atoms with van der Waals surface area (Å²) >= 11 is 0. The number of fused-ring (bicyclic) bond motifs is 1. The molecule has 0 N–H and O–H groups in total. The van der Waals surface area contributed by atoms with Gasteiger partial charge in [0.1, 0.15) is 5.60 Å². The summed E-state index contributed by atoms with van der Waals surface area (Å²) in [4.78, 5) is 17.7. The molecule has 6 nitrogen and oxygen atoms in total. The zero-order chi connectivity index (χ0) is 20.1. The molecule has 28 heavy (non-hydrogen) atoms. The fourth-order valence-electron chi connectivity index (χ4n) is 4.24. The zero-order valence-corrected chi connectivity index (χ0v) is 17.4. The summed E-state index contributed by atoms with van der Waals surface area (Å²) < 4.78 is 18.9. The summed E-state index contributed by atoms with van der Waals surface area (Å²) in [7, 11) is 0. The molecule has 2 fully saturated rings. The quantitative estimate of drug-likeness (QED) is 0.730. The van der Waals surface area contributed by atoms with Crippen LogP contribution in [-0.2, 0) is 14.2 Å². The van der Waals surface area contributed by atoms with Gasteiger partial charge in [0.15, 0.2) is 5.79 Å². The molecule has 1 aliphatic heterocycles. The number of hydrogen-bond donors (Lipinski definition) is 0. The molecule has 1 aliphatic carbocycles. The molecule has 0 amide bonds. The average molecular weight is 386 g/mol. The molecule has 0 aromatic carbocycles. The third kappa shape index (κ3) is 3.55. The normalized spacial score (nSPS) is 21.9. The molecule has 2 aliphatic rings. The van der Waals surface area contributed by atoms with E-state index < -0.39 is 11.4 Å². The third-order valence-electron chi connectivity index (χ3n) is 5.57. The smallest absolute Gasteiger partial charge is 0.419 e. The highest BCUT2D eigenvalue weighted by Crippen LogP contribution is 2.45. The van der Waals surface area contributed by atoms with Crippen molar-refractivity contribution in [3.63, 3.8) is 0 Å². The maximum atomic E-state index is 12.7. The lowest BCUT2D eigenvalue weighted by molar-refractivity contribution is -0.151. The van der Waals surface area contributed by atoms with E-state index in [4.69, 9.17) is 19.2 Å². The summed E-state index contributed by atoms with van der Waals surface area (Å²) in [5.41, 5.74) is 3.24. The summed E-state index contributed by atoms with van der Waals surface area (Å²) in [6.07, 6.45) is 4.26. The van der Waals surface area contributed by atoms with Crippen molar-refractivity contribution in [2.75, 3.05) is 13.2 Å². The third-order valence-corrected chi connectivity index (χ3v) is 5.57. The Hall–Kier alpha value is -1.92. The van der Waals surface area contributed by atoms with Crippen LogP contribution in [0.5, 0.6) is 0 Å². The van der Waals surface area contributed by atoms with E-state index in [0.717, 1.165) is 41.6 Å². The highest BCUT2D eigenvalue weighted by atomic mass is 16.7. The minimum atomic E-state index is -0.543. The van der Waals surface area contributed by atoms with Crippen LogP contribution in [0.4, 0.5) is 4.79 Å². The monoisotopic (exact) mass is 386 g/mol. The molecule has 0 radical (unpaired) electrons. The van der Waals surface area contributed by atoms with Gasteiger partial charge in [-0.05, 0) is 50.8 Å². The fraction of sp³-hybridized carbons (Fsp3) is 0.636. The lowest BCUT2D eigenvalue weighted by Crippen LogP contribution is -2.26. The van der Waals surface area contributed by atoms with Gasteiger partial charge >= 0.3 is 6.09 Å². The van der Waals surface area contributed by atoms with Crippen molar-refractivity contribution in [2.24, 2.45) is 0 Å². The van der Waals surface area contributed by atoms with E-state index >= 15 is 0 Å². The Kier molecular flexibility index (Phi) is 4.74. The Bertz CT molecular complexity index is 888. The zero-order valence-electron chi connectivity index (χ0n) is 17.4. The van der Waals surface area contributed by atoms with Crippen LogP contribution in [0.1, 0.15) is 77.0 Å². The van der Waals surface area contributed by atoms with Gasteiger partial charge in [-0.3, -0.25) is 9.55 Å². The topological polar surface area (TPSA) is 62.6 Å². The molecule has 1 atom stereocenters. The van der Waals surface area contributed by atoms with E-state index in [0.29, 0.717) is 19.1 Å². The maximum absolute atomic E-state index is 12.7. The summed E-state index contributed by atoms with van der Waals surface area (Å²) in [6.45, 7) is 11.2. The van der Waals surface area contributed by atoms with E-state index in [-0.39, 0.29) is 12.0 Å². The Balaban J connectivity index is 1.69. The van der Waals surface area contributed by atoms with Gasteiger partial charge in [-0.25, -0.2) is 4.79 Å². The molecule has 152 valence electrons. The molecule has 1 unspecified atom stereocenters. The van der Waals surface area contributed by atoms with Gasteiger partial charge in [0.05, 0.1) is 24.2 Å². The van der Waals surface area contributed by atoms with Crippen molar-refractivity contribution in [1.29, 1.82) is 0 Å². The Morgan fingerprint density at radius 1 is 1.29 bits per heavy atom. The molecular weight excluding hydrogens is 356 g/mol. The number of carbonyl (C=O) groups is 1. The first-order valence-electron chi connectivity index (χ1n) is 10.2. The largest absolute Gasteiger partial charge is 0.443 e. The second-order valence-corrected chi connectivity index (χ2v) is 9.24. The van der Waals surface area contributed by atoms with E-state index in [1.165, 1.54) is 0 Å². The summed E-state index contributed by atoms with van der Waals surface area (Å²) in [5.74, 6) is 0.155. The van der Waals surface area contributed by atoms with Gasteiger partial charge in [-0.1, -0.05) is 13.8 Å². The molecular formula is C22H30N2O4. The van der Waals surface area contributed by atoms with Crippen molar-refractivity contribution in [2.45, 2.75) is 77.1 Å². The first-order chi connectivity index (χ1) is 13.2. The molecule has 3 heterocycles. The van der Waals surface area contributed by atoms with Crippen molar-refractivity contribution >= 4 is 17.1 Å². The van der Waals surface area contributed by atoms with Gasteiger partial charge in [-0.2, -0.15) is 0 Å². The molecule has 1 saturated carbocycles. The molecule has 1 spiro atoms. The standard InChI is InChI=1S/C22H30N2O4/c1-14(2)16-13-24(20(25)28-21(3,4)5)18-7-6-17(23-19(16)18)15-8-9-22(12-15)26-10-11-27-22/h6-7,13-15H,8-12H2,1-5H3. The van der Waals surface area contributed by atoms with Crippen LogP contribution in [0.3, 0.4) is 0 Å². The van der Waals surface area contributed by atoms with Gasteiger partial charge in [0.25, 0.3) is 0 Å². The molecule has 4 rings (SSSR count). The van der Waals surface area contributed by atoms with Crippen molar-refractivity contribution in [3.05, 3.63) is 29.6 Å². The van der Waals surface area contributed by atoms with Crippen molar-refractivity contribution < 1.29 is 19.0 Å². The van der Waals surface area contributed by atoms with Gasteiger partial charge in [0, 0.05) is 30.7 Å². The number of pyridine rings is 1. The number of hydrogen-bond acceptors (Lipinski definition) is 5. The SMILES string of the molecule is CC(C)c1cn(C(=O)OC(C)(C)C)c2ccc(C3CCC4(C3)OCCO4)nc12. The summed E-state index contributed by atoms with van der Waals surface area (Å²) in [6, 6.07) is 4.03. The van der Waals surface area contributed by atoms with Gasteiger partial charge < -0.3 is 14.2 Å². The Morgan fingerprint density at radius 3 is 2.64 bits per heavy atom. The summed E-state index contributed by atoms with van der Waals surface area (Å²) in [5, 5.41) is 0. The molecule has 0 bridgehead atoms. The van der Waals surface area contributed by atoms with Crippen molar-refractivity contribution in [3.8, 4) is 0 Å². The minimum Gasteiger partial charge on any atom is -0.443 e. The number of aromatic nitrogens is 2. The van der Waals surface area contributed by atoms with E-state index in [1.54, 1.807) is 4.57 Å². The Labute approximate surface area is 166 Å². The number of rotatable bonds is 2. The fourth-order valence-corrected chi connectivity index (χ4v) is 4.24. The van der Waals surface area contributed by atoms with E-state index in [1.807, 2.05) is 39.1 Å². The van der Waals surface area contributed by atoms with Gasteiger partial charge in [-0.15, -0.1) is 0 Å². The molecule has 6 heteroatoms. The molecule has 2 aromatic rings. The second kappa shape index (κ2) is 6.85. The highest BCUT2D eigenvalue weighted by molar-refractivity contribution is 5.90. The van der Waals surface area contributed by atoms with Crippen molar-refractivity contribution in [1.82, 2.24) is 9.55 Å². The number of nitrogens with zero attached hydrogens (tertiary/aromatic N) is 2. The Morgan fingerprint density at radius 2 is 2.00 bits per heavy atom. The highest BCUT2D eigenvalue weighted by Gasteiger charge is 2.45. The van der Waals surface area contributed by atoms with Crippen LogP contribution in [0, 0.1) is 0 Å². The minimum absolute atomic E-state index is 0.255. The number of carbonyl (C=O) groups excluding carboxylic acids is 1.